The van der Waals surface area contributed by atoms with Crippen LogP contribution in [0.4, 0.5) is 5.82 Å². The molecule has 1 aliphatic rings. The Bertz CT molecular complexity index is 1910. The molecule has 0 aromatic carbocycles. The summed E-state index contributed by atoms with van der Waals surface area (Å²) in [5, 5.41) is 30.8. The highest BCUT2D eigenvalue weighted by Crippen LogP contribution is 2.60. The fourth-order valence-electron chi connectivity index (χ4n) is 6.85. The highest BCUT2D eigenvalue weighted by Gasteiger charge is 2.46. The maximum absolute atomic E-state index is 12.8. The van der Waals surface area contributed by atoms with Gasteiger partial charge in [0.2, 0.25) is 0 Å². The molecule has 0 spiro atoms. The number of aromatic nitrogens is 2. The summed E-state index contributed by atoms with van der Waals surface area (Å²) in [6, 6.07) is 1.24. The number of anilines is 1. The third-order valence-electron chi connectivity index (χ3n) is 10.7. The number of aliphatic hydroxyl groups is 3. The van der Waals surface area contributed by atoms with Crippen LogP contribution >= 0.6 is 15.6 Å². The van der Waals surface area contributed by atoms with Crippen LogP contribution in [0.5, 0.6) is 0 Å². The molecule has 1 saturated heterocycles. The monoisotopic (exact) mass is 1020 g/mol. The average molecular weight is 1020 g/mol. The van der Waals surface area contributed by atoms with Crippen molar-refractivity contribution in [3.8, 4) is 0 Å². The Labute approximate surface area is 407 Å². The first-order chi connectivity index (χ1) is 33.1. The smallest absolute Gasteiger partial charge is 0.462 e. The number of hydrogen-bond acceptors (Lipinski definition) is 16. The Morgan fingerprint density at radius 2 is 1.39 bits per heavy atom. The Hall–Kier alpha value is -3.58. The van der Waals surface area contributed by atoms with Gasteiger partial charge in [0.25, 0.3) is 0 Å². The standard InChI is InChI=1S/C48H79N3O16P2/c1-3-5-7-8-9-10-11-12-13-14-15-18-22-25-29-33-44(54)65-40(36-62-43(53)32-28-24-21-19-16-17-20-23-27-31-39(52)30-26-6-4-2)37-63-68(58,59)67-69(60,61)64-38-41-45(55)46(56)47(66-41)51-35-34-42(49)50-48(51)57/h6,9-10,12-13,20,23,26-27,31,34-35,39-41,45-47,52,55-56H,3-5,7-8,11,14-19,21-22,24-25,28-30,32-33,36-38H2,1-2H3,(H,58,59)(H,60,61)(H2,49,50,57)/b10-9-,13-12-,23-20+,26-6+,31-27+/t39?,40-,41-,45-,46-,47-/m1/s1. The van der Waals surface area contributed by atoms with Crippen molar-refractivity contribution in [2.75, 3.05) is 25.6 Å². The van der Waals surface area contributed by atoms with E-state index in [1.54, 1.807) is 6.08 Å². The van der Waals surface area contributed by atoms with E-state index in [0.29, 0.717) is 19.3 Å². The number of carbonyl (C=O) groups excluding carboxylic acids is 2. The number of phosphoric ester groups is 2. The Kier molecular flexibility index (Phi) is 32.4. The maximum atomic E-state index is 12.8. The van der Waals surface area contributed by atoms with E-state index in [0.717, 1.165) is 94.2 Å². The minimum absolute atomic E-state index is 0.0165. The Balaban J connectivity index is 1.84. The number of unbranched alkanes of at least 4 members (excludes halogenated alkanes) is 13. The SMILES string of the molecule is CC/C=C/CC(O)/C=C/C=C/CCCCCCCC(=O)OC[C@H](COP(=O)(O)OP(=O)(O)OC[C@H]1O[C@@H](n2ccc(N)nc2=O)[C@H](O)[C@@H]1O)OC(=O)CCCCCCC/C=C\C/C=C\CCCCC. The number of allylic oxidation sites excluding steroid dienone is 8. The Morgan fingerprint density at radius 1 is 0.783 bits per heavy atom. The van der Waals surface area contributed by atoms with Gasteiger partial charge in [-0.1, -0.05) is 126 Å². The van der Waals surface area contributed by atoms with E-state index in [4.69, 9.17) is 29.0 Å². The van der Waals surface area contributed by atoms with E-state index >= 15 is 0 Å². The number of nitrogen functional groups attached to an aromatic ring is 1. The Morgan fingerprint density at radius 3 is 2.04 bits per heavy atom. The fraction of sp³-hybridized carbons (Fsp3) is 0.667. The van der Waals surface area contributed by atoms with Gasteiger partial charge in [0.1, 0.15) is 30.7 Å². The number of ether oxygens (including phenoxy) is 3. The predicted molar refractivity (Wildman–Crippen MR) is 262 cm³/mol. The number of aliphatic hydroxyl groups excluding tert-OH is 3. The lowest BCUT2D eigenvalue weighted by molar-refractivity contribution is -0.161. The lowest BCUT2D eigenvalue weighted by atomic mass is 10.1. The highest BCUT2D eigenvalue weighted by molar-refractivity contribution is 7.61. The van der Waals surface area contributed by atoms with Crippen molar-refractivity contribution in [2.24, 2.45) is 0 Å². The molecular formula is C48H79N3O16P2. The summed E-state index contributed by atoms with van der Waals surface area (Å²) in [4.78, 5) is 61.8. The van der Waals surface area contributed by atoms with Crippen LogP contribution in [0.2, 0.25) is 0 Å². The third-order valence-corrected chi connectivity index (χ3v) is 13.3. The van der Waals surface area contributed by atoms with Crippen molar-refractivity contribution < 1.29 is 71.4 Å². The molecule has 1 aliphatic heterocycles. The first kappa shape index (κ1) is 61.5. The molecule has 2 heterocycles. The highest BCUT2D eigenvalue weighted by atomic mass is 31.3. The van der Waals surface area contributed by atoms with Gasteiger partial charge in [-0.15, -0.1) is 0 Å². The summed E-state index contributed by atoms with van der Waals surface area (Å²) in [6.45, 7) is 1.86. The van der Waals surface area contributed by atoms with Gasteiger partial charge in [-0.25, -0.2) is 13.9 Å². The number of rotatable bonds is 39. The average Bonchev–Trinajstić information content (AvgIpc) is 3.58. The number of nitrogens with two attached hydrogens (primary N) is 1. The molecule has 392 valence electrons. The molecule has 7 N–H and O–H groups in total. The minimum atomic E-state index is -5.44. The van der Waals surface area contributed by atoms with Crippen LogP contribution in [0.3, 0.4) is 0 Å². The summed E-state index contributed by atoms with van der Waals surface area (Å²) in [5.74, 6) is -1.38. The fourth-order valence-corrected chi connectivity index (χ4v) is 8.96. The molecule has 0 amide bonds. The number of carbonyl (C=O) groups is 2. The van der Waals surface area contributed by atoms with Crippen molar-refractivity contribution in [1.29, 1.82) is 0 Å². The summed E-state index contributed by atoms with van der Waals surface area (Å²) >= 11 is 0. The topological polar surface area (TPSA) is 286 Å². The molecule has 3 unspecified atom stereocenters. The van der Waals surface area contributed by atoms with Crippen molar-refractivity contribution in [2.45, 2.75) is 185 Å². The normalized spacial score (nSPS) is 20.3. The van der Waals surface area contributed by atoms with Gasteiger partial charge in [-0.05, 0) is 76.7 Å². The molecule has 1 aromatic rings. The first-order valence-corrected chi connectivity index (χ1v) is 27.4. The predicted octanol–water partition coefficient (Wildman–Crippen LogP) is 8.52. The third kappa shape index (κ3) is 29.4. The molecule has 0 radical (unpaired) electrons. The quantitative estimate of drug-likeness (QED) is 0.0118. The van der Waals surface area contributed by atoms with E-state index in [1.807, 2.05) is 37.3 Å². The lowest BCUT2D eigenvalue weighted by Gasteiger charge is -2.21. The van der Waals surface area contributed by atoms with Crippen LogP contribution in [0, 0.1) is 0 Å². The molecule has 1 aromatic heterocycles. The van der Waals surface area contributed by atoms with Gasteiger partial charge < -0.3 is 45.1 Å². The minimum Gasteiger partial charge on any atom is -0.462 e. The van der Waals surface area contributed by atoms with Crippen LogP contribution in [0.1, 0.15) is 155 Å². The zero-order chi connectivity index (χ0) is 50.8. The van der Waals surface area contributed by atoms with E-state index < -0.39 is 89.8 Å². The van der Waals surface area contributed by atoms with Gasteiger partial charge in [0.15, 0.2) is 12.3 Å². The van der Waals surface area contributed by atoms with E-state index in [9.17, 15) is 48.6 Å². The number of esters is 2. The van der Waals surface area contributed by atoms with Crippen molar-refractivity contribution >= 4 is 33.4 Å². The summed E-state index contributed by atoms with van der Waals surface area (Å²) in [5.41, 5.74) is 4.57. The number of phosphoric acid groups is 2. The zero-order valence-electron chi connectivity index (χ0n) is 40.5. The van der Waals surface area contributed by atoms with Gasteiger partial charge in [-0.3, -0.25) is 23.2 Å². The van der Waals surface area contributed by atoms with Crippen molar-refractivity contribution in [3.05, 3.63) is 83.5 Å². The van der Waals surface area contributed by atoms with Crippen LogP contribution in [-0.4, -0.2) is 96.9 Å². The maximum Gasteiger partial charge on any atom is 0.481 e. The summed E-state index contributed by atoms with van der Waals surface area (Å²) in [7, 11) is -10.9. The van der Waals surface area contributed by atoms with E-state index in [1.165, 1.54) is 25.3 Å². The molecule has 1 fully saturated rings. The van der Waals surface area contributed by atoms with Crippen molar-refractivity contribution in [1.82, 2.24) is 9.55 Å². The molecule has 2 rings (SSSR count). The molecule has 0 aliphatic carbocycles. The second-order valence-electron chi connectivity index (χ2n) is 16.8. The van der Waals surface area contributed by atoms with E-state index in [-0.39, 0.29) is 18.7 Å². The second kappa shape index (κ2) is 36.4. The van der Waals surface area contributed by atoms with Crippen LogP contribution < -0.4 is 11.4 Å². The number of nitrogens with zero attached hydrogens (tertiary/aromatic N) is 2. The van der Waals surface area contributed by atoms with Gasteiger partial charge >= 0.3 is 33.3 Å². The van der Waals surface area contributed by atoms with Gasteiger partial charge in [0, 0.05) is 19.0 Å². The molecule has 0 bridgehead atoms. The molecule has 8 atom stereocenters. The van der Waals surface area contributed by atoms with Crippen LogP contribution in [0.25, 0.3) is 0 Å². The summed E-state index contributed by atoms with van der Waals surface area (Å²) < 4.78 is 56.6. The second-order valence-corrected chi connectivity index (χ2v) is 19.8. The van der Waals surface area contributed by atoms with E-state index in [2.05, 4.69) is 40.5 Å². The molecule has 69 heavy (non-hydrogen) atoms. The molecule has 21 heteroatoms. The zero-order valence-corrected chi connectivity index (χ0v) is 42.2. The number of hydrogen-bond donors (Lipinski definition) is 6. The largest absolute Gasteiger partial charge is 0.481 e. The van der Waals surface area contributed by atoms with Crippen LogP contribution in [0.15, 0.2) is 77.8 Å². The molecule has 19 nitrogen and oxygen atoms in total. The van der Waals surface area contributed by atoms with Gasteiger partial charge in [0.05, 0.1) is 19.3 Å². The first-order valence-electron chi connectivity index (χ1n) is 24.4. The molecule has 0 saturated carbocycles. The lowest BCUT2D eigenvalue weighted by Crippen LogP contribution is -2.36. The van der Waals surface area contributed by atoms with Crippen molar-refractivity contribution in [3.63, 3.8) is 0 Å². The molecular weight excluding hydrogens is 936 g/mol. The van der Waals surface area contributed by atoms with Gasteiger partial charge in [-0.2, -0.15) is 9.29 Å². The van der Waals surface area contributed by atoms with Crippen LogP contribution in [-0.2, 0) is 46.3 Å². The summed E-state index contributed by atoms with van der Waals surface area (Å²) in [6.07, 6.45) is 30.6.